The van der Waals surface area contributed by atoms with Crippen LogP contribution >= 0.6 is 11.3 Å². The van der Waals surface area contributed by atoms with Gasteiger partial charge in [0.15, 0.2) is 5.78 Å². The molecule has 0 saturated carbocycles. The molecular weight excluding hydrogens is 270 g/mol. The fourth-order valence-electron chi connectivity index (χ4n) is 2.18. The zero-order valence-electron chi connectivity index (χ0n) is 11.5. The minimum absolute atomic E-state index is 0.0683. The van der Waals surface area contributed by atoms with Crippen LogP contribution in [0.2, 0.25) is 0 Å². The lowest BCUT2D eigenvalue weighted by atomic mass is 10.2. The summed E-state index contributed by atoms with van der Waals surface area (Å²) in [4.78, 5) is 16.8. The Hall–Kier alpha value is -2.01. The molecule has 3 rings (SSSR count). The molecule has 4 nitrogen and oxygen atoms in total. The van der Waals surface area contributed by atoms with Crippen LogP contribution in [-0.4, -0.2) is 20.5 Å². The van der Waals surface area contributed by atoms with Crippen molar-refractivity contribution in [2.24, 2.45) is 7.05 Å². The Morgan fingerprint density at radius 2 is 2.15 bits per heavy atom. The van der Waals surface area contributed by atoms with E-state index in [1.165, 1.54) is 0 Å². The van der Waals surface area contributed by atoms with Crippen molar-refractivity contribution in [1.82, 2.24) is 14.8 Å². The third kappa shape index (κ3) is 2.36. The van der Waals surface area contributed by atoms with Gasteiger partial charge >= 0.3 is 0 Å². The molecule has 20 heavy (non-hydrogen) atoms. The molecule has 0 bridgehead atoms. The van der Waals surface area contributed by atoms with E-state index in [2.05, 4.69) is 10.1 Å². The second-order valence-electron chi connectivity index (χ2n) is 4.67. The Balaban J connectivity index is 1.86. The molecule has 1 aromatic carbocycles. The highest BCUT2D eigenvalue weighted by molar-refractivity contribution is 7.18. The molecule has 0 spiro atoms. The Morgan fingerprint density at radius 1 is 1.35 bits per heavy atom. The summed E-state index contributed by atoms with van der Waals surface area (Å²) >= 11 is 1.58. The van der Waals surface area contributed by atoms with Crippen LogP contribution in [0.15, 0.2) is 30.3 Å². The first-order valence-corrected chi connectivity index (χ1v) is 7.39. The van der Waals surface area contributed by atoms with Crippen molar-refractivity contribution in [1.29, 1.82) is 0 Å². The zero-order chi connectivity index (χ0) is 14.1. The van der Waals surface area contributed by atoms with E-state index in [0.29, 0.717) is 12.1 Å². The van der Waals surface area contributed by atoms with Crippen molar-refractivity contribution >= 4 is 27.3 Å². The van der Waals surface area contributed by atoms with Gasteiger partial charge < -0.3 is 0 Å². The molecule has 2 heterocycles. The summed E-state index contributed by atoms with van der Waals surface area (Å²) in [5, 5.41) is 5.17. The van der Waals surface area contributed by atoms with Gasteiger partial charge in [-0.05, 0) is 24.6 Å². The van der Waals surface area contributed by atoms with Crippen LogP contribution in [-0.2, 0) is 19.9 Å². The van der Waals surface area contributed by atoms with Crippen molar-refractivity contribution in [2.75, 3.05) is 0 Å². The summed E-state index contributed by atoms with van der Waals surface area (Å²) in [6.45, 7) is 2.03. The second kappa shape index (κ2) is 5.17. The fourth-order valence-corrected chi connectivity index (χ4v) is 3.15. The highest BCUT2D eigenvalue weighted by atomic mass is 32.1. The van der Waals surface area contributed by atoms with Crippen LogP contribution in [0.1, 0.15) is 28.1 Å². The molecule has 5 heteroatoms. The first-order valence-electron chi connectivity index (χ1n) is 6.58. The molecule has 102 valence electrons. The standard InChI is InChI=1S/C15H15N3OS/c1-3-10-8-12(18(2)17-10)13(19)9-15-16-11-6-4-5-7-14(11)20-15/h4-8H,3,9H2,1-2H3. The molecule has 0 saturated heterocycles. The number of Topliss-reactive ketones (excluding diaryl/α,β-unsaturated/α-hetero) is 1. The summed E-state index contributed by atoms with van der Waals surface area (Å²) in [5.41, 5.74) is 2.56. The van der Waals surface area contributed by atoms with Gasteiger partial charge in [0.05, 0.1) is 22.3 Å². The predicted octanol–water partition coefficient (Wildman–Crippen LogP) is 3.02. The number of hydrogen-bond donors (Lipinski definition) is 0. The van der Waals surface area contributed by atoms with E-state index in [0.717, 1.165) is 27.3 Å². The van der Waals surface area contributed by atoms with E-state index in [4.69, 9.17) is 0 Å². The van der Waals surface area contributed by atoms with Crippen LogP contribution in [0.25, 0.3) is 10.2 Å². The van der Waals surface area contributed by atoms with Crippen molar-refractivity contribution < 1.29 is 4.79 Å². The molecule has 2 aromatic heterocycles. The third-order valence-electron chi connectivity index (χ3n) is 3.23. The van der Waals surface area contributed by atoms with Crippen LogP contribution in [0.4, 0.5) is 0 Å². The Labute approximate surface area is 121 Å². The third-order valence-corrected chi connectivity index (χ3v) is 4.26. The Morgan fingerprint density at radius 3 is 2.85 bits per heavy atom. The van der Waals surface area contributed by atoms with Gasteiger partial charge in [0.2, 0.25) is 0 Å². The summed E-state index contributed by atoms with van der Waals surface area (Å²) in [7, 11) is 1.81. The van der Waals surface area contributed by atoms with Gasteiger partial charge in [-0.15, -0.1) is 11.3 Å². The van der Waals surface area contributed by atoms with Gasteiger partial charge in [-0.1, -0.05) is 19.1 Å². The largest absolute Gasteiger partial charge is 0.292 e. The second-order valence-corrected chi connectivity index (χ2v) is 5.79. The number of aryl methyl sites for hydroxylation is 2. The average Bonchev–Trinajstić information content (AvgIpc) is 3.01. The highest BCUT2D eigenvalue weighted by Crippen LogP contribution is 2.22. The Bertz CT molecular complexity index is 739. The smallest absolute Gasteiger partial charge is 0.187 e. The highest BCUT2D eigenvalue weighted by Gasteiger charge is 2.15. The first kappa shape index (κ1) is 13.0. The lowest BCUT2D eigenvalue weighted by molar-refractivity contribution is 0.0984. The molecule has 0 aliphatic heterocycles. The van der Waals surface area contributed by atoms with Gasteiger partial charge in [-0.2, -0.15) is 5.10 Å². The predicted molar refractivity (Wildman–Crippen MR) is 80.2 cm³/mol. The molecule has 3 aromatic rings. The first-order chi connectivity index (χ1) is 9.67. The minimum Gasteiger partial charge on any atom is -0.292 e. The van der Waals surface area contributed by atoms with Crippen LogP contribution in [0.3, 0.4) is 0 Å². The SMILES string of the molecule is CCc1cc(C(=O)Cc2nc3ccccc3s2)n(C)n1. The fraction of sp³-hybridized carbons (Fsp3) is 0.267. The van der Waals surface area contributed by atoms with Crippen molar-refractivity contribution in [3.05, 3.63) is 46.7 Å². The lowest BCUT2D eigenvalue weighted by Gasteiger charge is -1.98. The number of aromatic nitrogens is 3. The van der Waals surface area contributed by atoms with E-state index in [1.807, 2.05) is 44.3 Å². The molecule has 0 atom stereocenters. The molecule has 0 amide bonds. The van der Waals surface area contributed by atoms with Crippen molar-refractivity contribution in [3.63, 3.8) is 0 Å². The number of benzene rings is 1. The van der Waals surface area contributed by atoms with E-state index in [-0.39, 0.29) is 5.78 Å². The number of hydrogen-bond acceptors (Lipinski definition) is 4. The van der Waals surface area contributed by atoms with E-state index < -0.39 is 0 Å². The number of nitrogens with zero attached hydrogens (tertiary/aromatic N) is 3. The molecular formula is C15H15N3OS. The van der Waals surface area contributed by atoms with Crippen LogP contribution in [0, 0.1) is 0 Å². The van der Waals surface area contributed by atoms with Gasteiger partial charge in [0.1, 0.15) is 10.7 Å². The van der Waals surface area contributed by atoms with E-state index in [9.17, 15) is 4.79 Å². The molecule has 0 N–H and O–H groups in total. The average molecular weight is 285 g/mol. The quantitative estimate of drug-likeness (QED) is 0.692. The Kier molecular flexibility index (Phi) is 3.36. The van der Waals surface area contributed by atoms with Crippen LogP contribution in [0.5, 0.6) is 0 Å². The summed E-state index contributed by atoms with van der Waals surface area (Å²) in [6.07, 6.45) is 1.17. The molecule has 0 aliphatic rings. The number of fused-ring (bicyclic) bond motifs is 1. The molecule has 0 fully saturated rings. The molecule has 0 radical (unpaired) electrons. The number of thiazole rings is 1. The maximum absolute atomic E-state index is 12.3. The maximum atomic E-state index is 12.3. The summed E-state index contributed by atoms with van der Waals surface area (Å²) in [5.74, 6) is 0.0683. The van der Waals surface area contributed by atoms with Crippen LogP contribution < -0.4 is 0 Å². The van der Waals surface area contributed by atoms with Crippen molar-refractivity contribution in [3.8, 4) is 0 Å². The summed E-state index contributed by atoms with van der Waals surface area (Å²) < 4.78 is 2.78. The zero-order valence-corrected chi connectivity index (χ0v) is 12.3. The monoisotopic (exact) mass is 285 g/mol. The van der Waals surface area contributed by atoms with Gasteiger partial charge in [-0.3, -0.25) is 9.48 Å². The van der Waals surface area contributed by atoms with E-state index in [1.54, 1.807) is 16.0 Å². The van der Waals surface area contributed by atoms with Gasteiger partial charge in [0.25, 0.3) is 0 Å². The number of rotatable bonds is 4. The van der Waals surface area contributed by atoms with Gasteiger partial charge in [-0.25, -0.2) is 4.98 Å². The minimum atomic E-state index is 0.0683. The summed E-state index contributed by atoms with van der Waals surface area (Å²) in [6, 6.07) is 9.82. The van der Waals surface area contributed by atoms with E-state index >= 15 is 0 Å². The topological polar surface area (TPSA) is 47.8 Å². The number of ketones is 1. The molecule has 0 aliphatic carbocycles. The number of para-hydroxylation sites is 1. The normalized spacial score (nSPS) is 11.1. The molecule has 0 unspecified atom stereocenters. The number of carbonyl (C=O) groups is 1. The van der Waals surface area contributed by atoms with Crippen molar-refractivity contribution in [2.45, 2.75) is 19.8 Å². The number of carbonyl (C=O) groups excluding carboxylic acids is 1. The lowest BCUT2D eigenvalue weighted by Crippen LogP contribution is -2.09. The maximum Gasteiger partial charge on any atom is 0.187 e. The van der Waals surface area contributed by atoms with Gasteiger partial charge in [0, 0.05) is 7.05 Å².